The van der Waals surface area contributed by atoms with Crippen LogP contribution < -0.4 is 5.73 Å². The normalized spacial score (nSPS) is 13.4. The number of hydrogen-bond donors (Lipinski definition) is 1. The standard InChI is InChI=1S/C15H29N3S/c1-12(2)14(7-8-16)6-5-9-18(4)10-15-11-19-13(3)17-15/h11-12,14H,5-10,16H2,1-4H3. The molecule has 1 atom stereocenters. The Morgan fingerprint density at radius 2 is 2.11 bits per heavy atom. The lowest BCUT2D eigenvalue weighted by molar-refractivity contribution is 0.276. The van der Waals surface area contributed by atoms with Crippen LogP contribution in [0, 0.1) is 18.8 Å². The van der Waals surface area contributed by atoms with Crippen LogP contribution in [0.3, 0.4) is 0 Å². The lowest BCUT2D eigenvalue weighted by atomic mass is 9.88. The zero-order valence-electron chi connectivity index (χ0n) is 12.9. The van der Waals surface area contributed by atoms with Gasteiger partial charge in [0.1, 0.15) is 0 Å². The van der Waals surface area contributed by atoms with Crippen molar-refractivity contribution in [3.63, 3.8) is 0 Å². The number of aromatic nitrogens is 1. The first-order valence-corrected chi connectivity index (χ1v) is 8.20. The van der Waals surface area contributed by atoms with Gasteiger partial charge in [0.2, 0.25) is 0 Å². The highest BCUT2D eigenvalue weighted by atomic mass is 32.1. The van der Waals surface area contributed by atoms with E-state index in [1.165, 1.54) is 18.5 Å². The van der Waals surface area contributed by atoms with Gasteiger partial charge in [-0.3, -0.25) is 0 Å². The molecule has 0 amide bonds. The molecule has 0 aromatic carbocycles. The van der Waals surface area contributed by atoms with Crippen LogP contribution in [0.5, 0.6) is 0 Å². The zero-order chi connectivity index (χ0) is 14.3. The van der Waals surface area contributed by atoms with Crippen molar-refractivity contribution in [3.05, 3.63) is 16.1 Å². The minimum atomic E-state index is 0.745. The van der Waals surface area contributed by atoms with Gasteiger partial charge in [0.15, 0.2) is 0 Å². The summed E-state index contributed by atoms with van der Waals surface area (Å²) < 4.78 is 0. The molecule has 0 radical (unpaired) electrons. The molecule has 0 spiro atoms. The second-order valence-electron chi connectivity index (χ2n) is 5.82. The molecule has 4 heteroatoms. The Hall–Kier alpha value is -0.450. The van der Waals surface area contributed by atoms with Crippen LogP contribution in [0.25, 0.3) is 0 Å². The Morgan fingerprint density at radius 1 is 1.37 bits per heavy atom. The van der Waals surface area contributed by atoms with Crippen molar-refractivity contribution in [2.75, 3.05) is 20.1 Å². The molecule has 0 aliphatic heterocycles. The molecule has 1 aromatic heterocycles. The molecule has 2 N–H and O–H groups in total. The lowest BCUT2D eigenvalue weighted by Gasteiger charge is -2.22. The highest BCUT2D eigenvalue weighted by molar-refractivity contribution is 7.09. The summed E-state index contributed by atoms with van der Waals surface area (Å²) in [5.41, 5.74) is 6.89. The maximum atomic E-state index is 5.69. The predicted molar refractivity (Wildman–Crippen MR) is 84.4 cm³/mol. The third-order valence-corrected chi connectivity index (χ3v) is 4.52. The van der Waals surface area contributed by atoms with Gasteiger partial charge < -0.3 is 10.6 Å². The fourth-order valence-electron chi connectivity index (χ4n) is 2.48. The number of rotatable bonds is 9. The number of aryl methyl sites for hydroxylation is 1. The largest absolute Gasteiger partial charge is 0.330 e. The summed E-state index contributed by atoms with van der Waals surface area (Å²) in [5, 5.41) is 3.32. The number of hydrogen-bond acceptors (Lipinski definition) is 4. The van der Waals surface area contributed by atoms with Crippen molar-refractivity contribution < 1.29 is 0 Å². The summed E-state index contributed by atoms with van der Waals surface area (Å²) >= 11 is 1.73. The fourth-order valence-corrected chi connectivity index (χ4v) is 3.09. The Morgan fingerprint density at radius 3 is 2.63 bits per heavy atom. The first kappa shape index (κ1) is 16.6. The van der Waals surface area contributed by atoms with E-state index in [1.54, 1.807) is 11.3 Å². The van der Waals surface area contributed by atoms with Crippen molar-refractivity contribution in [2.24, 2.45) is 17.6 Å². The maximum Gasteiger partial charge on any atom is 0.0897 e. The Balaban J connectivity index is 2.24. The summed E-state index contributed by atoms with van der Waals surface area (Å²) in [7, 11) is 2.18. The summed E-state index contributed by atoms with van der Waals surface area (Å²) in [5.74, 6) is 1.52. The molecule has 1 unspecified atom stereocenters. The van der Waals surface area contributed by atoms with Gasteiger partial charge in [-0.05, 0) is 58.2 Å². The molecule has 1 aromatic rings. The molecule has 1 heterocycles. The highest BCUT2D eigenvalue weighted by Crippen LogP contribution is 2.20. The molecule has 0 aliphatic carbocycles. The average Bonchev–Trinajstić information content (AvgIpc) is 2.73. The van der Waals surface area contributed by atoms with Crippen molar-refractivity contribution >= 4 is 11.3 Å². The third kappa shape index (κ3) is 6.50. The molecule has 0 aliphatic rings. The van der Waals surface area contributed by atoms with Crippen LogP contribution in [0.4, 0.5) is 0 Å². The van der Waals surface area contributed by atoms with Crippen LogP contribution in [0.1, 0.15) is 43.8 Å². The minimum absolute atomic E-state index is 0.745. The summed E-state index contributed by atoms with van der Waals surface area (Å²) in [6.45, 7) is 9.60. The predicted octanol–water partition coefficient (Wildman–Crippen LogP) is 3.28. The molecule has 0 fully saturated rings. The van der Waals surface area contributed by atoms with E-state index in [2.05, 4.69) is 43.1 Å². The van der Waals surface area contributed by atoms with E-state index < -0.39 is 0 Å². The van der Waals surface area contributed by atoms with E-state index in [0.29, 0.717) is 0 Å². The van der Waals surface area contributed by atoms with E-state index in [-0.39, 0.29) is 0 Å². The molecule has 110 valence electrons. The molecule has 0 saturated carbocycles. The van der Waals surface area contributed by atoms with Gasteiger partial charge in [-0.25, -0.2) is 4.98 Å². The van der Waals surface area contributed by atoms with E-state index in [9.17, 15) is 0 Å². The minimum Gasteiger partial charge on any atom is -0.330 e. The molecular weight excluding hydrogens is 254 g/mol. The van der Waals surface area contributed by atoms with Crippen LogP contribution in [-0.2, 0) is 6.54 Å². The first-order valence-electron chi connectivity index (χ1n) is 7.32. The molecule has 1 rings (SSSR count). The SMILES string of the molecule is Cc1nc(CN(C)CCCC(CCN)C(C)C)cs1. The van der Waals surface area contributed by atoms with Crippen molar-refractivity contribution in [1.82, 2.24) is 9.88 Å². The lowest BCUT2D eigenvalue weighted by Crippen LogP contribution is -2.21. The second kappa shape index (κ2) is 8.67. The zero-order valence-corrected chi connectivity index (χ0v) is 13.7. The van der Waals surface area contributed by atoms with Crippen LogP contribution >= 0.6 is 11.3 Å². The fraction of sp³-hybridized carbons (Fsp3) is 0.800. The van der Waals surface area contributed by atoms with Crippen molar-refractivity contribution in [2.45, 2.75) is 46.6 Å². The van der Waals surface area contributed by atoms with Gasteiger partial charge in [-0.15, -0.1) is 11.3 Å². The van der Waals surface area contributed by atoms with Gasteiger partial charge in [0.05, 0.1) is 10.7 Å². The second-order valence-corrected chi connectivity index (χ2v) is 6.88. The highest BCUT2D eigenvalue weighted by Gasteiger charge is 2.12. The first-order chi connectivity index (χ1) is 9.02. The van der Waals surface area contributed by atoms with Gasteiger partial charge in [0.25, 0.3) is 0 Å². The van der Waals surface area contributed by atoms with Crippen LogP contribution in [0.2, 0.25) is 0 Å². The molecule has 3 nitrogen and oxygen atoms in total. The quantitative estimate of drug-likeness (QED) is 0.756. The summed E-state index contributed by atoms with van der Waals surface area (Å²) in [6.07, 6.45) is 3.70. The van der Waals surface area contributed by atoms with Crippen molar-refractivity contribution in [1.29, 1.82) is 0 Å². The average molecular weight is 283 g/mol. The molecule has 0 saturated heterocycles. The molecular formula is C15H29N3S. The van der Waals surface area contributed by atoms with E-state index in [4.69, 9.17) is 5.73 Å². The molecule has 0 bridgehead atoms. The van der Waals surface area contributed by atoms with Gasteiger partial charge >= 0.3 is 0 Å². The Bertz CT molecular complexity index is 349. The van der Waals surface area contributed by atoms with E-state index >= 15 is 0 Å². The molecule has 19 heavy (non-hydrogen) atoms. The van der Waals surface area contributed by atoms with Crippen LogP contribution in [-0.4, -0.2) is 30.0 Å². The van der Waals surface area contributed by atoms with Gasteiger partial charge in [0, 0.05) is 11.9 Å². The van der Waals surface area contributed by atoms with Crippen molar-refractivity contribution in [3.8, 4) is 0 Å². The van der Waals surface area contributed by atoms with Gasteiger partial charge in [-0.1, -0.05) is 13.8 Å². The smallest absolute Gasteiger partial charge is 0.0897 e. The Kier molecular flexibility index (Phi) is 7.57. The number of nitrogens with two attached hydrogens (primary N) is 1. The van der Waals surface area contributed by atoms with E-state index in [0.717, 1.165) is 42.9 Å². The third-order valence-electron chi connectivity index (χ3n) is 3.69. The summed E-state index contributed by atoms with van der Waals surface area (Å²) in [4.78, 5) is 6.88. The Labute approximate surface area is 122 Å². The maximum absolute atomic E-state index is 5.69. The number of thiazole rings is 1. The van der Waals surface area contributed by atoms with Gasteiger partial charge in [-0.2, -0.15) is 0 Å². The number of nitrogens with zero attached hydrogens (tertiary/aromatic N) is 2. The van der Waals surface area contributed by atoms with Crippen LogP contribution in [0.15, 0.2) is 5.38 Å². The van der Waals surface area contributed by atoms with E-state index in [1.807, 2.05) is 0 Å². The topological polar surface area (TPSA) is 42.2 Å². The monoisotopic (exact) mass is 283 g/mol. The summed E-state index contributed by atoms with van der Waals surface area (Å²) in [6, 6.07) is 0.